The number of nitrogens with zero attached hydrogens (tertiary/aromatic N) is 1. The molecule has 0 radical (unpaired) electrons. The highest BCUT2D eigenvalue weighted by Gasteiger charge is 2.21. The van der Waals surface area contributed by atoms with E-state index in [4.69, 9.17) is 5.73 Å². The van der Waals surface area contributed by atoms with Crippen molar-refractivity contribution >= 4 is 11.6 Å². The van der Waals surface area contributed by atoms with Crippen LogP contribution in [0, 0.1) is 0 Å². The highest BCUT2D eigenvalue weighted by Crippen LogP contribution is 2.20. The molecule has 0 bridgehead atoms. The fourth-order valence-corrected chi connectivity index (χ4v) is 1.77. The zero-order valence-electron chi connectivity index (χ0n) is 11.1. The standard InChI is InChI=1S/C14H22N2O/c1-5-10(2)16(4)14(17)11(3)12-7-6-8-13(15)9-12/h6-11H,5,15H2,1-4H3. The van der Waals surface area contributed by atoms with Crippen molar-refractivity contribution in [1.82, 2.24) is 4.90 Å². The number of benzene rings is 1. The van der Waals surface area contributed by atoms with Gasteiger partial charge in [-0.05, 0) is 38.0 Å². The fraction of sp³-hybridized carbons (Fsp3) is 0.500. The Hall–Kier alpha value is -1.51. The van der Waals surface area contributed by atoms with Crippen molar-refractivity contribution in [3.63, 3.8) is 0 Å². The molecule has 1 rings (SSSR count). The smallest absolute Gasteiger partial charge is 0.229 e. The van der Waals surface area contributed by atoms with Gasteiger partial charge < -0.3 is 10.6 Å². The zero-order chi connectivity index (χ0) is 13.0. The second kappa shape index (κ2) is 5.71. The molecule has 1 aromatic carbocycles. The van der Waals surface area contributed by atoms with Gasteiger partial charge in [-0.25, -0.2) is 0 Å². The first-order valence-corrected chi connectivity index (χ1v) is 6.09. The van der Waals surface area contributed by atoms with Crippen molar-refractivity contribution in [2.45, 2.75) is 39.2 Å². The Balaban J connectivity index is 2.83. The summed E-state index contributed by atoms with van der Waals surface area (Å²) in [7, 11) is 1.86. The molecular formula is C14H22N2O. The average molecular weight is 234 g/mol. The van der Waals surface area contributed by atoms with Crippen molar-refractivity contribution < 1.29 is 4.79 Å². The molecule has 0 aromatic heterocycles. The van der Waals surface area contributed by atoms with E-state index in [-0.39, 0.29) is 17.9 Å². The van der Waals surface area contributed by atoms with E-state index >= 15 is 0 Å². The van der Waals surface area contributed by atoms with Crippen molar-refractivity contribution in [1.29, 1.82) is 0 Å². The number of rotatable bonds is 4. The molecule has 1 amide bonds. The molecule has 0 aliphatic heterocycles. The second-order valence-corrected chi connectivity index (χ2v) is 4.60. The van der Waals surface area contributed by atoms with E-state index in [1.165, 1.54) is 0 Å². The Bertz CT molecular complexity index is 390. The topological polar surface area (TPSA) is 46.3 Å². The third-order valence-corrected chi connectivity index (χ3v) is 3.38. The van der Waals surface area contributed by atoms with E-state index in [0.29, 0.717) is 5.69 Å². The molecule has 0 fully saturated rings. The number of nitrogens with two attached hydrogens (primary N) is 1. The maximum absolute atomic E-state index is 12.2. The van der Waals surface area contributed by atoms with Crippen LogP contribution in [0.25, 0.3) is 0 Å². The van der Waals surface area contributed by atoms with Gasteiger partial charge in [0.1, 0.15) is 0 Å². The summed E-state index contributed by atoms with van der Waals surface area (Å²) in [6, 6.07) is 7.80. The molecule has 0 heterocycles. The van der Waals surface area contributed by atoms with Crippen LogP contribution < -0.4 is 5.73 Å². The Morgan fingerprint density at radius 2 is 2.06 bits per heavy atom. The Morgan fingerprint density at radius 1 is 1.41 bits per heavy atom. The monoisotopic (exact) mass is 234 g/mol. The second-order valence-electron chi connectivity index (χ2n) is 4.60. The summed E-state index contributed by atoms with van der Waals surface area (Å²) in [6.07, 6.45) is 0.964. The van der Waals surface area contributed by atoms with E-state index in [9.17, 15) is 4.79 Å². The molecule has 0 saturated carbocycles. The molecule has 0 spiro atoms. The number of nitrogen functional groups attached to an aromatic ring is 1. The van der Waals surface area contributed by atoms with Gasteiger partial charge in [-0.1, -0.05) is 19.1 Å². The van der Waals surface area contributed by atoms with E-state index in [2.05, 4.69) is 13.8 Å². The Kier molecular flexibility index (Phi) is 4.55. The van der Waals surface area contributed by atoms with Gasteiger partial charge in [0.2, 0.25) is 5.91 Å². The highest BCUT2D eigenvalue weighted by molar-refractivity contribution is 5.83. The molecule has 17 heavy (non-hydrogen) atoms. The first-order valence-electron chi connectivity index (χ1n) is 6.09. The normalized spacial score (nSPS) is 14.1. The molecule has 0 aliphatic carbocycles. The van der Waals surface area contributed by atoms with E-state index in [1.807, 2.05) is 43.1 Å². The van der Waals surface area contributed by atoms with Crippen molar-refractivity contribution in [3.8, 4) is 0 Å². The summed E-state index contributed by atoms with van der Waals surface area (Å²) < 4.78 is 0. The molecule has 2 atom stereocenters. The molecule has 1 aromatic rings. The number of hydrogen-bond donors (Lipinski definition) is 1. The molecular weight excluding hydrogens is 212 g/mol. The van der Waals surface area contributed by atoms with Crippen LogP contribution in [-0.4, -0.2) is 23.9 Å². The Morgan fingerprint density at radius 3 is 2.59 bits per heavy atom. The molecule has 0 aliphatic rings. The summed E-state index contributed by atoms with van der Waals surface area (Å²) in [5.74, 6) is 0.00227. The number of likely N-dealkylation sites (N-methyl/N-ethyl adjacent to an activating group) is 1. The predicted molar refractivity (Wildman–Crippen MR) is 71.8 cm³/mol. The number of carbonyl (C=O) groups excluding carboxylic acids is 1. The lowest BCUT2D eigenvalue weighted by Crippen LogP contribution is -2.37. The van der Waals surface area contributed by atoms with Crippen LogP contribution in [0.1, 0.15) is 38.7 Å². The fourth-order valence-electron chi connectivity index (χ4n) is 1.77. The van der Waals surface area contributed by atoms with Gasteiger partial charge in [0.25, 0.3) is 0 Å². The van der Waals surface area contributed by atoms with Crippen LogP contribution in [0.5, 0.6) is 0 Å². The zero-order valence-corrected chi connectivity index (χ0v) is 11.1. The number of hydrogen-bond acceptors (Lipinski definition) is 2. The minimum Gasteiger partial charge on any atom is -0.399 e. The number of amides is 1. The van der Waals surface area contributed by atoms with Crippen LogP contribution in [0.15, 0.2) is 24.3 Å². The third kappa shape index (κ3) is 3.22. The van der Waals surface area contributed by atoms with Crippen molar-refractivity contribution in [2.24, 2.45) is 0 Å². The average Bonchev–Trinajstić information content (AvgIpc) is 2.35. The van der Waals surface area contributed by atoms with Crippen LogP contribution >= 0.6 is 0 Å². The summed E-state index contributed by atoms with van der Waals surface area (Å²) in [4.78, 5) is 14.1. The van der Waals surface area contributed by atoms with Gasteiger partial charge in [-0.2, -0.15) is 0 Å². The minimum absolute atomic E-state index is 0.141. The first-order chi connectivity index (χ1) is 7.97. The maximum atomic E-state index is 12.2. The molecule has 94 valence electrons. The maximum Gasteiger partial charge on any atom is 0.229 e. The van der Waals surface area contributed by atoms with Crippen LogP contribution in [-0.2, 0) is 4.79 Å². The third-order valence-electron chi connectivity index (χ3n) is 3.38. The SMILES string of the molecule is CCC(C)N(C)C(=O)C(C)c1cccc(N)c1. The van der Waals surface area contributed by atoms with E-state index in [1.54, 1.807) is 0 Å². The summed E-state index contributed by atoms with van der Waals surface area (Å²) in [5, 5.41) is 0. The van der Waals surface area contributed by atoms with Gasteiger partial charge in [0.05, 0.1) is 5.92 Å². The molecule has 2 N–H and O–H groups in total. The summed E-state index contributed by atoms with van der Waals surface area (Å²) in [6.45, 7) is 6.07. The molecule has 3 heteroatoms. The van der Waals surface area contributed by atoms with E-state index < -0.39 is 0 Å². The summed E-state index contributed by atoms with van der Waals surface area (Å²) >= 11 is 0. The van der Waals surface area contributed by atoms with Gasteiger partial charge in [0, 0.05) is 18.8 Å². The first kappa shape index (κ1) is 13.6. The quantitative estimate of drug-likeness (QED) is 0.814. The van der Waals surface area contributed by atoms with E-state index in [0.717, 1.165) is 12.0 Å². The molecule has 0 saturated heterocycles. The van der Waals surface area contributed by atoms with Crippen LogP contribution in [0.4, 0.5) is 5.69 Å². The minimum atomic E-state index is -0.141. The van der Waals surface area contributed by atoms with Crippen molar-refractivity contribution in [3.05, 3.63) is 29.8 Å². The summed E-state index contributed by atoms with van der Waals surface area (Å²) in [5.41, 5.74) is 7.41. The number of anilines is 1. The lowest BCUT2D eigenvalue weighted by atomic mass is 9.98. The van der Waals surface area contributed by atoms with Crippen molar-refractivity contribution in [2.75, 3.05) is 12.8 Å². The van der Waals surface area contributed by atoms with Gasteiger partial charge in [0.15, 0.2) is 0 Å². The van der Waals surface area contributed by atoms with Crippen LogP contribution in [0.3, 0.4) is 0 Å². The lowest BCUT2D eigenvalue weighted by molar-refractivity contribution is -0.132. The van der Waals surface area contributed by atoms with Gasteiger partial charge in [-0.3, -0.25) is 4.79 Å². The van der Waals surface area contributed by atoms with Crippen LogP contribution in [0.2, 0.25) is 0 Å². The molecule has 3 nitrogen and oxygen atoms in total. The Labute approximate surface area is 104 Å². The highest BCUT2D eigenvalue weighted by atomic mass is 16.2. The largest absolute Gasteiger partial charge is 0.399 e. The predicted octanol–water partition coefficient (Wildman–Crippen LogP) is 2.63. The molecule has 2 unspecified atom stereocenters. The number of carbonyl (C=O) groups is 1. The van der Waals surface area contributed by atoms with Gasteiger partial charge >= 0.3 is 0 Å². The van der Waals surface area contributed by atoms with Gasteiger partial charge in [-0.15, -0.1) is 0 Å². The lowest BCUT2D eigenvalue weighted by Gasteiger charge is -2.27.